The van der Waals surface area contributed by atoms with Gasteiger partial charge >= 0.3 is 0 Å². The summed E-state index contributed by atoms with van der Waals surface area (Å²) >= 11 is 0. The molecule has 3 heterocycles. The van der Waals surface area contributed by atoms with Crippen molar-refractivity contribution in [1.82, 2.24) is 29.6 Å². The third-order valence-corrected chi connectivity index (χ3v) is 6.58. The largest absolute Gasteiger partial charge is 0.357 e. The monoisotopic (exact) mass is 445 g/mol. The van der Waals surface area contributed by atoms with Crippen LogP contribution in [-0.4, -0.2) is 95.0 Å². The topological polar surface area (TPSA) is 69.0 Å². The summed E-state index contributed by atoms with van der Waals surface area (Å²) in [6.45, 7) is 17.4. The Bertz CT molecular complexity index is 728. The highest BCUT2D eigenvalue weighted by Gasteiger charge is 2.28. The number of amides is 1. The summed E-state index contributed by atoms with van der Waals surface area (Å²) in [4.78, 5) is 28.7. The van der Waals surface area contributed by atoms with E-state index in [4.69, 9.17) is 4.99 Å². The zero-order valence-electron chi connectivity index (χ0n) is 20.6. The number of nitrogens with zero attached hydrogens (tertiary/aromatic N) is 6. The molecule has 8 heteroatoms. The van der Waals surface area contributed by atoms with E-state index in [0.29, 0.717) is 24.3 Å². The normalized spacial score (nSPS) is 22.9. The molecule has 2 aliphatic heterocycles. The lowest BCUT2D eigenvalue weighted by molar-refractivity contribution is -0.135. The number of aliphatic imine (C=N–C) groups is 1. The Morgan fingerprint density at radius 2 is 1.84 bits per heavy atom. The van der Waals surface area contributed by atoms with Crippen LogP contribution < -0.4 is 5.32 Å². The van der Waals surface area contributed by atoms with Crippen LogP contribution in [0.4, 0.5) is 0 Å². The van der Waals surface area contributed by atoms with Crippen molar-refractivity contribution in [1.29, 1.82) is 0 Å². The summed E-state index contributed by atoms with van der Waals surface area (Å²) in [6.07, 6.45) is 7.30. The van der Waals surface area contributed by atoms with Crippen LogP contribution in [0, 0.1) is 18.8 Å². The number of imidazole rings is 1. The van der Waals surface area contributed by atoms with Gasteiger partial charge in [-0.3, -0.25) is 14.7 Å². The Labute approximate surface area is 194 Å². The smallest absolute Gasteiger partial charge is 0.236 e. The standard InChI is InChI=1S/C24H43N7O/c1-5-25-24(27-8-6-7-10-29-11-9-26-22(29)4)30-14-12-28(13-15-30)19-23(32)31-17-20(2)16-21(3)18-31/h9,11,20-21H,5-8,10,12-19H2,1-4H3,(H,25,27). The van der Waals surface area contributed by atoms with E-state index in [9.17, 15) is 4.79 Å². The molecule has 0 spiro atoms. The van der Waals surface area contributed by atoms with Crippen molar-refractivity contribution >= 4 is 11.9 Å². The second-order valence-corrected chi connectivity index (χ2v) is 9.62. The number of piperidine rings is 1. The summed E-state index contributed by atoms with van der Waals surface area (Å²) in [5, 5.41) is 3.45. The molecule has 2 unspecified atom stereocenters. The molecule has 2 saturated heterocycles. The highest BCUT2D eigenvalue weighted by molar-refractivity contribution is 5.80. The van der Waals surface area contributed by atoms with Crippen molar-refractivity contribution in [3.05, 3.63) is 18.2 Å². The van der Waals surface area contributed by atoms with E-state index in [1.165, 1.54) is 6.42 Å². The summed E-state index contributed by atoms with van der Waals surface area (Å²) in [5.74, 6) is 3.61. The molecule has 2 fully saturated rings. The van der Waals surface area contributed by atoms with Crippen LogP contribution in [0.2, 0.25) is 0 Å². The summed E-state index contributed by atoms with van der Waals surface area (Å²) in [7, 11) is 0. The van der Waals surface area contributed by atoms with Crippen molar-refractivity contribution in [2.45, 2.75) is 53.5 Å². The number of aryl methyl sites for hydroxylation is 2. The van der Waals surface area contributed by atoms with Gasteiger partial charge in [-0.05, 0) is 44.9 Å². The van der Waals surface area contributed by atoms with Crippen molar-refractivity contribution < 1.29 is 4.79 Å². The molecule has 0 saturated carbocycles. The molecular formula is C24H43N7O. The van der Waals surface area contributed by atoms with E-state index >= 15 is 0 Å². The number of hydrogen-bond acceptors (Lipinski definition) is 4. The predicted molar refractivity (Wildman–Crippen MR) is 130 cm³/mol. The number of carbonyl (C=O) groups is 1. The maximum absolute atomic E-state index is 12.8. The Hall–Kier alpha value is -2.09. The van der Waals surface area contributed by atoms with Crippen molar-refractivity contribution in [2.24, 2.45) is 16.8 Å². The molecule has 3 rings (SSSR count). The van der Waals surface area contributed by atoms with Crippen molar-refractivity contribution in [3.8, 4) is 0 Å². The summed E-state index contributed by atoms with van der Waals surface area (Å²) < 4.78 is 2.20. The fourth-order valence-corrected chi connectivity index (χ4v) is 4.92. The van der Waals surface area contributed by atoms with E-state index in [1.807, 2.05) is 19.3 Å². The first-order valence-electron chi connectivity index (χ1n) is 12.5. The molecule has 0 radical (unpaired) electrons. The quantitative estimate of drug-likeness (QED) is 0.377. The molecule has 0 aliphatic carbocycles. The third kappa shape index (κ3) is 7.22. The van der Waals surface area contributed by atoms with Gasteiger partial charge in [0.2, 0.25) is 5.91 Å². The number of guanidine groups is 1. The van der Waals surface area contributed by atoms with Crippen LogP contribution in [0.15, 0.2) is 17.4 Å². The molecule has 2 aliphatic rings. The first-order valence-corrected chi connectivity index (χ1v) is 12.5. The fraction of sp³-hybridized carbons (Fsp3) is 0.792. The van der Waals surface area contributed by atoms with E-state index in [1.54, 1.807) is 0 Å². The second kappa shape index (κ2) is 12.2. The number of aromatic nitrogens is 2. The molecule has 180 valence electrons. The SMILES string of the molecule is CCNC(=NCCCCn1ccnc1C)N1CCN(CC(=O)N2CC(C)CC(C)C2)CC1. The molecule has 0 aromatic carbocycles. The molecule has 32 heavy (non-hydrogen) atoms. The number of nitrogens with one attached hydrogen (secondary N) is 1. The van der Waals surface area contributed by atoms with Gasteiger partial charge < -0.3 is 19.7 Å². The predicted octanol–water partition coefficient (Wildman–Crippen LogP) is 2.06. The molecule has 0 bridgehead atoms. The van der Waals surface area contributed by atoms with Crippen LogP contribution in [0.5, 0.6) is 0 Å². The maximum Gasteiger partial charge on any atom is 0.236 e. The number of piperazine rings is 1. The Kier molecular flexibility index (Phi) is 9.38. The fourth-order valence-electron chi connectivity index (χ4n) is 4.92. The Balaban J connectivity index is 1.40. The maximum atomic E-state index is 12.8. The molecule has 1 aromatic heterocycles. The number of carbonyl (C=O) groups excluding carboxylic acids is 1. The lowest BCUT2D eigenvalue weighted by Gasteiger charge is -2.39. The van der Waals surface area contributed by atoms with Gasteiger partial charge in [0, 0.05) is 71.3 Å². The van der Waals surface area contributed by atoms with Crippen molar-refractivity contribution in [2.75, 3.05) is 58.9 Å². The molecule has 8 nitrogen and oxygen atoms in total. The lowest BCUT2D eigenvalue weighted by Crippen LogP contribution is -2.55. The summed E-state index contributed by atoms with van der Waals surface area (Å²) in [5.41, 5.74) is 0. The minimum absolute atomic E-state index is 0.297. The van der Waals surface area contributed by atoms with Gasteiger partial charge in [-0.25, -0.2) is 4.98 Å². The minimum Gasteiger partial charge on any atom is -0.357 e. The third-order valence-electron chi connectivity index (χ3n) is 6.58. The lowest BCUT2D eigenvalue weighted by atomic mass is 9.92. The zero-order valence-corrected chi connectivity index (χ0v) is 20.6. The highest BCUT2D eigenvalue weighted by Crippen LogP contribution is 2.21. The molecule has 2 atom stereocenters. The van der Waals surface area contributed by atoms with Crippen molar-refractivity contribution in [3.63, 3.8) is 0 Å². The number of unbranched alkanes of at least 4 members (excludes halogenated alkanes) is 1. The van der Waals surface area contributed by atoms with Crippen LogP contribution in [0.1, 0.15) is 45.9 Å². The minimum atomic E-state index is 0.297. The van der Waals surface area contributed by atoms with Crippen LogP contribution in [0.3, 0.4) is 0 Å². The van der Waals surface area contributed by atoms with Crippen LogP contribution in [-0.2, 0) is 11.3 Å². The Morgan fingerprint density at radius 1 is 1.12 bits per heavy atom. The average Bonchev–Trinajstić information content (AvgIpc) is 3.17. The van der Waals surface area contributed by atoms with Gasteiger partial charge in [0.05, 0.1) is 6.54 Å². The van der Waals surface area contributed by atoms with Gasteiger partial charge in [0.25, 0.3) is 0 Å². The van der Waals surface area contributed by atoms with Gasteiger partial charge in [-0.15, -0.1) is 0 Å². The first-order chi connectivity index (χ1) is 15.5. The van der Waals surface area contributed by atoms with Gasteiger partial charge in [0.1, 0.15) is 5.82 Å². The number of rotatable bonds is 8. The van der Waals surface area contributed by atoms with Gasteiger partial charge in [0.15, 0.2) is 5.96 Å². The second-order valence-electron chi connectivity index (χ2n) is 9.62. The molecule has 1 aromatic rings. The van der Waals surface area contributed by atoms with Crippen LogP contribution >= 0.6 is 0 Å². The van der Waals surface area contributed by atoms with Crippen LogP contribution in [0.25, 0.3) is 0 Å². The Morgan fingerprint density at radius 3 is 2.47 bits per heavy atom. The van der Waals surface area contributed by atoms with E-state index < -0.39 is 0 Å². The highest BCUT2D eigenvalue weighted by atomic mass is 16.2. The molecular weight excluding hydrogens is 402 g/mol. The molecule has 1 amide bonds. The van der Waals surface area contributed by atoms with Gasteiger partial charge in [-0.1, -0.05) is 13.8 Å². The number of likely N-dealkylation sites (tertiary alicyclic amines) is 1. The van der Waals surface area contributed by atoms with E-state index in [2.05, 4.69) is 50.3 Å². The van der Waals surface area contributed by atoms with E-state index in [0.717, 1.165) is 83.5 Å². The summed E-state index contributed by atoms with van der Waals surface area (Å²) in [6, 6.07) is 0. The average molecular weight is 446 g/mol. The zero-order chi connectivity index (χ0) is 22.9. The van der Waals surface area contributed by atoms with E-state index in [-0.39, 0.29) is 0 Å². The number of hydrogen-bond donors (Lipinski definition) is 1. The van der Waals surface area contributed by atoms with Gasteiger partial charge in [-0.2, -0.15) is 0 Å². The first kappa shape index (κ1) is 24.6. The molecule has 1 N–H and O–H groups in total.